The van der Waals surface area contributed by atoms with Crippen LogP contribution in [0.25, 0.3) is 0 Å². The molecule has 180 valence electrons. The number of anilines is 1. The molecule has 1 aromatic rings. The average molecular weight is 475 g/mol. The molecule has 1 aromatic carbocycles. The first-order valence-electron chi connectivity index (χ1n) is 10.4. The molecule has 0 bridgehead atoms. The summed E-state index contributed by atoms with van der Waals surface area (Å²) in [6, 6.07) is 4.35. The first-order valence-corrected chi connectivity index (χ1v) is 11.2. The largest absolute Gasteiger partial charge is 0.494 e. The molecular weight excluding hydrogens is 441 g/mol. The molecule has 0 amide bonds. The second kappa shape index (κ2) is 13.4. The van der Waals surface area contributed by atoms with Gasteiger partial charge < -0.3 is 25.0 Å². The zero-order chi connectivity index (χ0) is 24.3. The number of methoxy groups -OCH3 is 1. The lowest BCUT2D eigenvalue weighted by atomic mass is 10.2. The van der Waals surface area contributed by atoms with E-state index < -0.39 is 24.4 Å². The van der Waals surface area contributed by atoms with E-state index >= 15 is 0 Å². The minimum absolute atomic E-state index is 0.0279. The number of hydrogen-bond acceptors (Lipinski definition) is 6. The summed E-state index contributed by atoms with van der Waals surface area (Å²) in [6.45, 7) is 7.57. The minimum Gasteiger partial charge on any atom is -0.494 e. The number of ether oxygens (including phenoxy) is 1. The number of nitrogens with one attached hydrogen (secondary N) is 2. The van der Waals surface area contributed by atoms with Gasteiger partial charge in [0.1, 0.15) is 29.6 Å². The third kappa shape index (κ3) is 7.79. The molecule has 1 saturated carbocycles. The third-order valence-electron chi connectivity index (χ3n) is 4.67. The van der Waals surface area contributed by atoms with Crippen LogP contribution in [-0.2, 0) is 4.74 Å². The Kier molecular flexibility index (Phi) is 11.7. The predicted molar refractivity (Wildman–Crippen MR) is 125 cm³/mol. The van der Waals surface area contributed by atoms with Crippen molar-refractivity contribution >= 4 is 17.6 Å². The van der Waals surface area contributed by atoms with Gasteiger partial charge in [0.15, 0.2) is 5.83 Å². The molecule has 0 aliphatic heterocycles. The van der Waals surface area contributed by atoms with Crippen molar-refractivity contribution in [2.24, 2.45) is 0 Å². The van der Waals surface area contributed by atoms with Crippen LogP contribution >= 0.6 is 11.9 Å². The van der Waals surface area contributed by atoms with E-state index in [-0.39, 0.29) is 34.2 Å². The number of aryl methyl sites for hydroxylation is 1. The van der Waals surface area contributed by atoms with E-state index in [0.717, 1.165) is 12.8 Å². The molecule has 0 saturated heterocycles. The maximum absolute atomic E-state index is 14.5. The highest BCUT2D eigenvalue weighted by Gasteiger charge is 2.45. The van der Waals surface area contributed by atoms with Crippen molar-refractivity contribution in [3.63, 3.8) is 0 Å². The molecule has 0 aromatic heterocycles. The zero-order valence-electron chi connectivity index (χ0n) is 19.0. The summed E-state index contributed by atoms with van der Waals surface area (Å²) in [7, 11) is 1.35. The Bertz CT molecular complexity index is 827. The minimum atomic E-state index is -1.41. The van der Waals surface area contributed by atoms with Gasteiger partial charge >= 0.3 is 0 Å². The summed E-state index contributed by atoms with van der Waals surface area (Å²) in [5, 5.41) is 21.5. The average Bonchev–Trinajstić information content (AvgIpc) is 3.56. The maximum atomic E-state index is 14.5. The molecule has 1 aliphatic rings. The Labute approximate surface area is 192 Å². The number of benzene rings is 1. The molecule has 0 spiro atoms. The highest BCUT2D eigenvalue weighted by molar-refractivity contribution is 7.99. The van der Waals surface area contributed by atoms with E-state index in [2.05, 4.69) is 16.6 Å². The van der Waals surface area contributed by atoms with Crippen LogP contribution in [0, 0.1) is 12.7 Å². The van der Waals surface area contributed by atoms with Crippen molar-refractivity contribution in [2.45, 2.75) is 50.9 Å². The van der Waals surface area contributed by atoms with Crippen molar-refractivity contribution in [2.75, 3.05) is 25.7 Å². The van der Waals surface area contributed by atoms with Crippen molar-refractivity contribution in [3.8, 4) is 0 Å². The van der Waals surface area contributed by atoms with Gasteiger partial charge in [-0.05, 0) is 61.9 Å². The Morgan fingerprint density at radius 3 is 2.47 bits per heavy atom. The SMILES string of the molecule is C=C/C(OC)=C(NSC1(CC(O)CO)CC1)\C(Nc1ccc(C)cc1F)=C(\F)CF.CC. The first kappa shape index (κ1) is 27.9. The van der Waals surface area contributed by atoms with Crippen molar-refractivity contribution in [3.05, 3.63) is 65.2 Å². The Balaban J connectivity index is 0.00000249. The fraction of sp³-hybridized carbons (Fsp3) is 0.478. The standard InChI is InChI=1S/C21H27F3N2O3S.C2H6/c1-4-18(29-3)20(26-30-21(7-8-21)10-14(28)12-27)19(16(24)11-22)25-17-6-5-13(2)9-15(17)23;1-2/h4-6,9,14,25-28H,1,7-8,10-12H2,2-3H3;1-2H3/b19-16-,20-18-;. The summed E-state index contributed by atoms with van der Waals surface area (Å²) in [4.78, 5) is 0. The molecular formula is C23H33F3N2O3S. The highest BCUT2D eigenvalue weighted by Crippen LogP contribution is 2.51. The topological polar surface area (TPSA) is 73.8 Å². The molecule has 2 rings (SSSR count). The Morgan fingerprint density at radius 1 is 1.34 bits per heavy atom. The smallest absolute Gasteiger partial charge is 0.157 e. The Morgan fingerprint density at radius 2 is 2.00 bits per heavy atom. The van der Waals surface area contributed by atoms with Crippen LogP contribution in [0.4, 0.5) is 18.9 Å². The number of alkyl halides is 1. The summed E-state index contributed by atoms with van der Waals surface area (Å²) in [6.07, 6.45) is 2.32. The molecule has 1 aliphatic carbocycles. The molecule has 1 fully saturated rings. The lowest BCUT2D eigenvalue weighted by Crippen LogP contribution is -2.25. The number of rotatable bonds is 12. The molecule has 4 N–H and O–H groups in total. The number of aliphatic hydroxyl groups excluding tert-OH is 2. The fourth-order valence-corrected chi connectivity index (χ4v) is 3.94. The van der Waals surface area contributed by atoms with Crippen molar-refractivity contribution in [1.29, 1.82) is 0 Å². The predicted octanol–water partition coefficient (Wildman–Crippen LogP) is 5.28. The van der Waals surface area contributed by atoms with Gasteiger partial charge in [-0.1, -0.05) is 26.5 Å². The third-order valence-corrected chi connectivity index (χ3v) is 5.98. The van der Waals surface area contributed by atoms with Crippen LogP contribution in [0.1, 0.15) is 38.7 Å². The highest BCUT2D eigenvalue weighted by atomic mass is 32.2. The fourth-order valence-electron chi connectivity index (χ4n) is 2.84. The molecule has 5 nitrogen and oxygen atoms in total. The van der Waals surface area contributed by atoms with Gasteiger partial charge in [0, 0.05) is 4.75 Å². The van der Waals surface area contributed by atoms with Crippen LogP contribution in [0.5, 0.6) is 0 Å². The summed E-state index contributed by atoms with van der Waals surface area (Å²) >= 11 is 1.21. The van der Waals surface area contributed by atoms with Gasteiger partial charge in [0.2, 0.25) is 0 Å². The van der Waals surface area contributed by atoms with E-state index in [9.17, 15) is 18.3 Å². The number of halogens is 3. The van der Waals surface area contributed by atoms with Crippen molar-refractivity contribution in [1.82, 2.24) is 4.72 Å². The molecule has 9 heteroatoms. The van der Waals surface area contributed by atoms with Gasteiger partial charge in [0.25, 0.3) is 0 Å². The van der Waals surface area contributed by atoms with Crippen LogP contribution in [0.15, 0.2) is 53.8 Å². The molecule has 1 unspecified atom stereocenters. The molecule has 32 heavy (non-hydrogen) atoms. The van der Waals surface area contributed by atoms with Crippen molar-refractivity contribution < 1.29 is 28.1 Å². The van der Waals surface area contributed by atoms with Gasteiger partial charge in [-0.25, -0.2) is 13.2 Å². The lowest BCUT2D eigenvalue weighted by Gasteiger charge is -2.23. The lowest BCUT2D eigenvalue weighted by molar-refractivity contribution is 0.0864. The quantitative estimate of drug-likeness (QED) is 0.188. The number of allylic oxidation sites excluding steroid dienone is 2. The van der Waals surface area contributed by atoms with E-state index in [0.29, 0.717) is 12.0 Å². The van der Waals surface area contributed by atoms with E-state index in [1.165, 1.54) is 37.3 Å². The van der Waals surface area contributed by atoms with E-state index in [4.69, 9.17) is 9.84 Å². The second-order valence-electron chi connectivity index (χ2n) is 7.10. The second-order valence-corrected chi connectivity index (χ2v) is 8.37. The van der Waals surface area contributed by atoms with Crippen LogP contribution in [0.3, 0.4) is 0 Å². The van der Waals surface area contributed by atoms with Crippen LogP contribution < -0.4 is 10.0 Å². The normalized spacial score (nSPS) is 16.5. The summed E-state index contributed by atoms with van der Waals surface area (Å²) < 4.78 is 50.0. The molecule has 0 radical (unpaired) electrons. The molecule has 1 atom stereocenters. The van der Waals surface area contributed by atoms with Gasteiger partial charge in [0.05, 0.1) is 25.5 Å². The maximum Gasteiger partial charge on any atom is 0.157 e. The number of hydrogen-bond donors (Lipinski definition) is 4. The van der Waals surface area contributed by atoms with Crippen LogP contribution in [-0.4, -0.2) is 41.5 Å². The Hall–Kier alpha value is -2.10. The molecule has 0 heterocycles. The van der Waals surface area contributed by atoms with Gasteiger partial charge in [-0.3, -0.25) is 0 Å². The summed E-state index contributed by atoms with van der Waals surface area (Å²) in [5.74, 6) is -1.64. The van der Waals surface area contributed by atoms with E-state index in [1.807, 2.05) is 13.8 Å². The van der Waals surface area contributed by atoms with Crippen LogP contribution in [0.2, 0.25) is 0 Å². The van der Waals surface area contributed by atoms with Gasteiger partial charge in [-0.2, -0.15) is 0 Å². The summed E-state index contributed by atoms with van der Waals surface area (Å²) in [5.41, 5.74) is 0.390. The number of aliphatic hydroxyl groups is 2. The monoisotopic (exact) mass is 474 g/mol. The van der Waals surface area contributed by atoms with E-state index in [1.54, 1.807) is 13.0 Å². The van der Waals surface area contributed by atoms with Gasteiger partial charge in [-0.15, -0.1) is 0 Å². The zero-order valence-corrected chi connectivity index (χ0v) is 19.8. The first-order chi connectivity index (χ1) is 15.3.